The Morgan fingerprint density at radius 2 is 2.05 bits per heavy atom. The Hall–Kier alpha value is -0.830. The number of aryl methyl sites for hydroxylation is 2. The van der Waals surface area contributed by atoms with Gasteiger partial charge in [-0.1, -0.05) is 32.6 Å². The van der Waals surface area contributed by atoms with Gasteiger partial charge in [-0.25, -0.2) is 0 Å². The fourth-order valence-electron chi connectivity index (χ4n) is 3.27. The van der Waals surface area contributed by atoms with Crippen LogP contribution in [0.1, 0.15) is 63.3 Å². The zero-order chi connectivity index (χ0) is 13.8. The lowest BCUT2D eigenvalue weighted by Crippen LogP contribution is -2.23. The second-order valence-electron chi connectivity index (χ2n) is 6.43. The molecule has 108 valence electrons. The maximum absolute atomic E-state index is 4.42. The number of nitrogens with one attached hydrogen (secondary N) is 1. The predicted molar refractivity (Wildman–Crippen MR) is 80.1 cm³/mol. The number of aromatic nitrogens is 2. The molecule has 1 aliphatic carbocycles. The van der Waals surface area contributed by atoms with Crippen molar-refractivity contribution < 1.29 is 0 Å². The number of rotatable bonds is 5. The molecule has 3 nitrogen and oxygen atoms in total. The molecule has 0 spiro atoms. The van der Waals surface area contributed by atoms with Gasteiger partial charge in [-0.05, 0) is 38.6 Å². The zero-order valence-corrected chi connectivity index (χ0v) is 12.9. The fraction of sp³-hybridized carbons (Fsp3) is 0.812. The van der Waals surface area contributed by atoms with Crippen LogP contribution in [-0.2, 0) is 7.05 Å². The van der Waals surface area contributed by atoms with Gasteiger partial charge in [0, 0.05) is 24.8 Å². The molecule has 0 aromatic carbocycles. The van der Waals surface area contributed by atoms with Crippen LogP contribution >= 0.6 is 0 Å². The van der Waals surface area contributed by atoms with Crippen molar-refractivity contribution in [2.45, 2.75) is 58.9 Å². The average Bonchev–Trinajstić information content (AvgIpc) is 2.71. The molecule has 1 heterocycles. The van der Waals surface area contributed by atoms with E-state index < -0.39 is 0 Å². The number of nitrogens with zero attached hydrogens (tertiary/aromatic N) is 2. The van der Waals surface area contributed by atoms with Crippen LogP contribution in [0.25, 0.3) is 0 Å². The summed E-state index contributed by atoms with van der Waals surface area (Å²) in [5.41, 5.74) is 2.48. The van der Waals surface area contributed by atoms with Crippen LogP contribution in [0, 0.1) is 18.8 Å². The molecular weight excluding hydrogens is 234 g/mol. The van der Waals surface area contributed by atoms with Gasteiger partial charge >= 0.3 is 0 Å². The molecule has 1 N–H and O–H groups in total. The lowest BCUT2D eigenvalue weighted by molar-refractivity contribution is 0.273. The van der Waals surface area contributed by atoms with Gasteiger partial charge in [0.05, 0.1) is 5.69 Å². The molecule has 1 aliphatic rings. The van der Waals surface area contributed by atoms with E-state index in [4.69, 9.17) is 0 Å². The molecule has 0 bridgehead atoms. The summed E-state index contributed by atoms with van der Waals surface area (Å²) in [6, 6.07) is 0.413. The standard InChI is InChI=1S/C16H29N3/c1-12-5-7-15(8-6-12)9-10-17-13(2)16-11-19(4)18-14(16)3/h11-13,15,17H,5-10H2,1-4H3. The summed E-state index contributed by atoms with van der Waals surface area (Å²) in [5, 5.41) is 8.07. The first kappa shape index (κ1) is 14.6. The minimum Gasteiger partial charge on any atom is -0.310 e. The molecule has 2 rings (SSSR count). The largest absolute Gasteiger partial charge is 0.310 e. The smallest absolute Gasteiger partial charge is 0.0641 e. The van der Waals surface area contributed by atoms with Gasteiger partial charge in [-0.3, -0.25) is 4.68 Å². The number of hydrogen-bond acceptors (Lipinski definition) is 2. The van der Waals surface area contributed by atoms with Crippen LogP contribution in [0.2, 0.25) is 0 Å². The quantitative estimate of drug-likeness (QED) is 0.879. The van der Waals surface area contributed by atoms with Crippen molar-refractivity contribution in [1.82, 2.24) is 15.1 Å². The van der Waals surface area contributed by atoms with Crippen LogP contribution in [0.15, 0.2) is 6.20 Å². The van der Waals surface area contributed by atoms with E-state index in [-0.39, 0.29) is 0 Å². The fourth-order valence-corrected chi connectivity index (χ4v) is 3.27. The second kappa shape index (κ2) is 6.56. The molecular formula is C16H29N3. The predicted octanol–water partition coefficient (Wildman–Crippen LogP) is 3.60. The molecule has 0 saturated heterocycles. The second-order valence-corrected chi connectivity index (χ2v) is 6.43. The summed E-state index contributed by atoms with van der Waals surface area (Å²) in [5.74, 6) is 1.91. The van der Waals surface area contributed by atoms with Crippen LogP contribution < -0.4 is 5.32 Å². The normalized spacial score (nSPS) is 25.5. The Morgan fingerprint density at radius 3 is 2.63 bits per heavy atom. The molecule has 0 radical (unpaired) electrons. The molecule has 1 fully saturated rings. The zero-order valence-electron chi connectivity index (χ0n) is 12.9. The van der Waals surface area contributed by atoms with E-state index in [1.807, 2.05) is 11.7 Å². The highest BCUT2D eigenvalue weighted by atomic mass is 15.3. The third-order valence-corrected chi connectivity index (χ3v) is 4.66. The molecule has 3 heteroatoms. The molecule has 0 aliphatic heterocycles. The highest BCUT2D eigenvalue weighted by molar-refractivity contribution is 5.19. The van der Waals surface area contributed by atoms with E-state index in [1.54, 1.807) is 0 Å². The first-order valence-electron chi connectivity index (χ1n) is 7.79. The molecule has 1 atom stereocenters. The molecule has 1 unspecified atom stereocenters. The van der Waals surface area contributed by atoms with Crippen molar-refractivity contribution >= 4 is 0 Å². The summed E-state index contributed by atoms with van der Waals surface area (Å²) in [6.07, 6.45) is 9.20. The van der Waals surface area contributed by atoms with Crippen molar-refractivity contribution in [2.75, 3.05) is 6.54 Å². The Morgan fingerprint density at radius 1 is 1.37 bits per heavy atom. The van der Waals surface area contributed by atoms with Gasteiger partial charge in [-0.15, -0.1) is 0 Å². The van der Waals surface area contributed by atoms with Crippen LogP contribution in [0.5, 0.6) is 0 Å². The lowest BCUT2D eigenvalue weighted by atomic mass is 9.81. The van der Waals surface area contributed by atoms with Crippen molar-refractivity contribution in [2.24, 2.45) is 18.9 Å². The average molecular weight is 263 g/mol. The first-order chi connectivity index (χ1) is 9.06. The summed E-state index contributed by atoms with van der Waals surface area (Å²) in [4.78, 5) is 0. The monoisotopic (exact) mass is 263 g/mol. The van der Waals surface area contributed by atoms with Crippen LogP contribution in [0.3, 0.4) is 0 Å². The highest BCUT2D eigenvalue weighted by Crippen LogP contribution is 2.30. The molecule has 1 aromatic heterocycles. The third kappa shape index (κ3) is 4.07. The van der Waals surface area contributed by atoms with Crippen molar-refractivity contribution in [3.05, 3.63) is 17.5 Å². The third-order valence-electron chi connectivity index (χ3n) is 4.66. The van der Waals surface area contributed by atoms with Gasteiger partial charge in [-0.2, -0.15) is 5.10 Å². The van der Waals surface area contributed by atoms with E-state index in [0.717, 1.165) is 24.1 Å². The van der Waals surface area contributed by atoms with E-state index >= 15 is 0 Å². The molecule has 1 saturated carbocycles. The number of hydrogen-bond donors (Lipinski definition) is 1. The summed E-state index contributed by atoms with van der Waals surface area (Å²) in [7, 11) is 1.99. The first-order valence-corrected chi connectivity index (χ1v) is 7.79. The molecule has 19 heavy (non-hydrogen) atoms. The summed E-state index contributed by atoms with van der Waals surface area (Å²) in [6.45, 7) is 7.86. The van der Waals surface area contributed by atoms with E-state index in [0.29, 0.717) is 6.04 Å². The van der Waals surface area contributed by atoms with E-state index in [2.05, 4.69) is 37.4 Å². The lowest BCUT2D eigenvalue weighted by Gasteiger charge is -2.26. The van der Waals surface area contributed by atoms with E-state index in [1.165, 1.54) is 37.7 Å². The van der Waals surface area contributed by atoms with Gasteiger partial charge < -0.3 is 5.32 Å². The Labute approximate surface area is 117 Å². The van der Waals surface area contributed by atoms with Gasteiger partial charge in [0.15, 0.2) is 0 Å². The highest BCUT2D eigenvalue weighted by Gasteiger charge is 2.18. The van der Waals surface area contributed by atoms with Gasteiger partial charge in [0.1, 0.15) is 0 Å². The Balaban J connectivity index is 1.72. The van der Waals surface area contributed by atoms with E-state index in [9.17, 15) is 0 Å². The SMILES string of the molecule is Cc1nn(C)cc1C(C)NCCC1CCC(C)CC1. The maximum Gasteiger partial charge on any atom is 0.0641 e. The van der Waals surface area contributed by atoms with Gasteiger partial charge in [0.2, 0.25) is 0 Å². The maximum atomic E-state index is 4.42. The van der Waals surface area contributed by atoms with Crippen molar-refractivity contribution in [3.63, 3.8) is 0 Å². The van der Waals surface area contributed by atoms with Crippen LogP contribution in [0.4, 0.5) is 0 Å². The molecule has 0 amide bonds. The minimum absolute atomic E-state index is 0.413. The minimum atomic E-state index is 0.413. The van der Waals surface area contributed by atoms with Crippen molar-refractivity contribution in [3.8, 4) is 0 Å². The van der Waals surface area contributed by atoms with Crippen LogP contribution in [-0.4, -0.2) is 16.3 Å². The Bertz CT molecular complexity index is 389. The summed E-state index contributed by atoms with van der Waals surface area (Å²) >= 11 is 0. The van der Waals surface area contributed by atoms with Crippen molar-refractivity contribution in [1.29, 1.82) is 0 Å². The molecule has 1 aromatic rings. The van der Waals surface area contributed by atoms with Gasteiger partial charge in [0.25, 0.3) is 0 Å². The summed E-state index contributed by atoms with van der Waals surface area (Å²) < 4.78 is 1.91. The Kier molecular flexibility index (Phi) is 5.03. The topological polar surface area (TPSA) is 29.9 Å².